The second-order valence-corrected chi connectivity index (χ2v) is 5.49. The average Bonchev–Trinajstić information content (AvgIpc) is 3.09. The van der Waals surface area contributed by atoms with Gasteiger partial charge in [0, 0.05) is 26.2 Å². The molecule has 0 aliphatic carbocycles. The van der Waals surface area contributed by atoms with E-state index in [1.54, 1.807) is 11.3 Å². The summed E-state index contributed by atoms with van der Waals surface area (Å²) in [6, 6.07) is 3.88. The van der Waals surface area contributed by atoms with Crippen LogP contribution in [-0.4, -0.2) is 57.3 Å². The molecule has 1 aliphatic heterocycles. The third kappa shape index (κ3) is 2.81. The van der Waals surface area contributed by atoms with Crippen molar-refractivity contribution in [2.45, 2.75) is 6.54 Å². The van der Waals surface area contributed by atoms with Gasteiger partial charge in [0.2, 0.25) is 0 Å². The molecule has 1 aliphatic rings. The largest absolute Gasteiger partial charge is 0.465 e. The van der Waals surface area contributed by atoms with Gasteiger partial charge in [0.1, 0.15) is 0 Å². The van der Waals surface area contributed by atoms with Gasteiger partial charge in [-0.05, 0) is 11.4 Å². The van der Waals surface area contributed by atoms with E-state index < -0.39 is 6.09 Å². The molecule has 3 rings (SSSR count). The molecule has 0 atom stereocenters. The lowest BCUT2D eigenvalue weighted by atomic mass is 10.3. The maximum absolute atomic E-state index is 10.8. The Kier molecular flexibility index (Phi) is 3.66. The summed E-state index contributed by atoms with van der Waals surface area (Å²) in [5, 5.41) is 14.8. The lowest BCUT2D eigenvalue weighted by molar-refractivity contribution is 0.101. The van der Waals surface area contributed by atoms with Crippen molar-refractivity contribution in [2.75, 3.05) is 26.2 Å². The van der Waals surface area contributed by atoms with E-state index in [1.807, 2.05) is 17.5 Å². The van der Waals surface area contributed by atoms with E-state index >= 15 is 0 Å². The van der Waals surface area contributed by atoms with Gasteiger partial charge in [0.15, 0.2) is 5.82 Å². The smallest absolute Gasteiger partial charge is 0.407 e. The minimum absolute atomic E-state index is 0.519. The summed E-state index contributed by atoms with van der Waals surface area (Å²) in [7, 11) is 0. The van der Waals surface area contributed by atoms with Crippen molar-refractivity contribution < 1.29 is 14.4 Å². The van der Waals surface area contributed by atoms with Crippen molar-refractivity contribution in [3.8, 4) is 10.8 Å². The molecule has 0 unspecified atom stereocenters. The van der Waals surface area contributed by atoms with Crippen LogP contribution in [0, 0.1) is 0 Å². The SMILES string of the molecule is O=C(O)N1CCN(Cc2noc(-c3cccs3)n2)CC1. The van der Waals surface area contributed by atoms with Gasteiger partial charge < -0.3 is 14.5 Å². The number of hydrogen-bond donors (Lipinski definition) is 1. The first-order chi connectivity index (χ1) is 9.72. The molecule has 1 saturated heterocycles. The minimum atomic E-state index is -0.857. The van der Waals surface area contributed by atoms with Crippen molar-refractivity contribution in [3.63, 3.8) is 0 Å². The van der Waals surface area contributed by atoms with Gasteiger partial charge in [-0.1, -0.05) is 11.2 Å². The summed E-state index contributed by atoms with van der Waals surface area (Å²) in [6.07, 6.45) is -0.857. The number of amides is 1. The summed E-state index contributed by atoms with van der Waals surface area (Å²) in [4.78, 5) is 19.7. The van der Waals surface area contributed by atoms with E-state index in [2.05, 4.69) is 15.0 Å². The van der Waals surface area contributed by atoms with Gasteiger partial charge in [-0.3, -0.25) is 4.90 Å². The Hall–Kier alpha value is -1.93. The first-order valence-corrected chi connectivity index (χ1v) is 7.17. The summed E-state index contributed by atoms with van der Waals surface area (Å²) in [5.74, 6) is 1.18. The monoisotopic (exact) mass is 294 g/mol. The molecule has 0 radical (unpaired) electrons. The van der Waals surface area contributed by atoms with E-state index in [-0.39, 0.29) is 0 Å². The predicted octanol–water partition coefficient (Wildman–Crippen LogP) is 1.59. The van der Waals surface area contributed by atoms with Crippen LogP contribution in [0.25, 0.3) is 10.8 Å². The van der Waals surface area contributed by atoms with E-state index in [0.717, 1.165) is 4.88 Å². The molecule has 0 aromatic carbocycles. The highest BCUT2D eigenvalue weighted by atomic mass is 32.1. The highest BCUT2D eigenvalue weighted by molar-refractivity contribution is 7.13. The molecule has 8 heteroatoms. The summed E-state index contributed by atoms with van der Waals surface area (Å²) in [5.41, 5.74) is 0. The third-order valence-corrected chi connectivity index (χ3v) is 4.07. The zero-order valence-corrected chi connectivity index (χ0v) is 11.5. The molecule has 7 nitrogen and oxygen atoms in total. The van der Waals surface area contributed by atoms with Gasteiger partial charge in [0.05, 0.1) is 11.4 Å². The van der Waals surface area contributed by atoms with Gasteiger partial charge >= 0.3 is 6.09 Å². The Balaban J connectivity index is 1.58. The number of hydrogen-bond acceptors (Lipinski definition) is 6. The second-order valence-electron chi connectivity index (χ2n) is 4.54. The number of carboxylic acid groups (broad SMARTS) is 1. The standard InChI is InChI=1S/C12H14N4O3S/c17-12(18)16-5-3-15(4-6-16)8-10-13-11(19-14-10)9-2-1-7-20-9/h1-2,7H,3-6,8H2,(H,17,18). The van der Waals surface area contributed by atoms with Crippen LogP contribution in [-0.2, 0) is 6.54 Å². The minimum Gasteiger partial charge on any atom is -0.465 e. The topological polar surface area (TPSA) is 82.7 Å². The summed E-state index contributed by atoms with van der Waals surface area (Å²) in [6.45, 7) is 3.00. The quantitative estimate of drug-likeness (QED) is 0.925. The van der Waals surface area contributed by atoms with Crippen molar-refractivity contribution in [1.29, 1.82) is 0 Å². The molecule has 1 N–H and O–H groups in total. The molecule has 0 saturated carbocycles. The lowest BCUT2D eigenvalue weighted by Crippen LogP contribution is -2.47. The molecule has 0 bridgehead atoms. The van der Waals surface area contributed by atoms with E-state index in [0.29, 0.717) is 44.4 Å². The number of piperazine rings is 1. The Morgan fingerprint density at radius 2 is 2.20 bits per heavy atom. The highest BCUT2D eigenvalue weighted by Crippen LogP contribution is 2.22. The molecule has 2 aromatic heterocycles. The summed E-state index contributed by atoms with van der Waals surface area (Å²) >= 11 is 1.56. The van der Waals surface area contributed by atoms with Gasteiger partial charge in [-0.25, -0.2) is 4.79 Å². The van der Waals surface area contributed by atoms with Gasteiger partial charge in [-0.2, -0.15) is 4.98 Å². The van der Waals surface area contributed by atoms with Crippen molar-refractivity contribution in [1.82, 2.24) is 19.9 Å². The molecule has 20 heavy (non-hydrogen) atoms. The molecule has 106 valence electrons. The molecule has 3 heterocycles. The number of carbonyl (C=O) groups is 1. The first-order valence-electron chi connectivity index (χ1n) is 6.29. The van der Waals surface area contributed by atoms with Crippen molar-refractivity contribution in [2.24, 2.45) is 0 Å². The van der Waals surface area contributed by atoms with Crippen LogP contribution in [0.15, 0.2) is 22.0 Å². The van der Waals surface area contributed by atoms with Crippen molar-refractivity contribution >= 4 is 17.4 Å². The van der Waals surface area contributed by atoms with Crippen LogP contribution < -0.4 is 0 Å². The van der Waals surface area contributed by atoms with Crippen LogP contribution in [0.2, 0.25) is 0 Å². The van der Waals surface area contributed by atoms with Crippen LogP contribution in [0.3, 0.4) is 0 Å². The summed E-state index contributed by atoms with van der Waals surface area (Å²) < 4.78 is 5.23. The molecule has 0 spiro atoms. The fraction of sp³-hybridized carbons (Fsp3) is 0.417. The Morgan fingerprint density at radius 1 is 1.40 bits per heavy atom. The van der Waals surface area contributed by atoms with Crippen LogP contribution in [0.4, 0.5) is 4.79 Å². The normalized spacial score (nSPS) is 16.5. The maximum Gasteiger partial charge on any atom is 0.407 e. The average molecular weight is 294 g/mol. The zero-order valence-electron chi connectivity index (χ0n) is 10.7. The zero-order chi connectivity index (χ0) is 13.9. The van der Waals surface area contributed by atoms with Crippen LogP contribution in [0.1, 0.15) is 5.82 Å². The lowest BCUT2D eigenvalue weighted by Gasteiger charge is -2.32. The Morgan fingerprint density at radius 3 is 2.85 bits per heavy atom. The fourth-order valence-corrected chi connectivity index (χ4v) is 2.76. The van der Waals surface area contributed by atoms with Gasteiger partial charge in [0.25, 0.3) is 5.89 Å². The van der Waals surface area contributed by atoms with E-state index in [9.17, 15) is 4.79 Å². The molecule has 1 fully saturated rings. The van der Waals surface area contributed by atoms with Crippen LogP contribution >= 0.6 is 11.3 Å². The Labute approximate surface area is 119 Å². The molecular formula is C12H14N4O3S. The molecule has 1 amide bonds. The maximum atomic E-state index is 10.8. The number of thiophene rings is 1. The molecular weight excluding hydrogens is 280 g/mol. The molecule has 2 aromatic rings. The highest BCUT2D eigenvalue weighted by Gasteiger charge is 2.21. The number of rotatable bonds is 3. The number of nitrogens with zero attached hydrogens (tertiary/aromatic N) is 4. The predicted molar refractivity (Wildman–Crippen MR) is 72.5 cm³/mol. The third-order valence-electron chi connectivity index (χ3n) is 3.21. The second kappa shape index (κ2) is 5.59. The van der Waals surface area contributed by atoms with Gasteiger partial charge in [-0.15, -0.1) is 11.3 Å². The number of aromatic nitrogens is 2. The Bertz CT molecular complexity index is 575. The van der Waals surface area contributed by atoms with Crippen molar-refractivity contribution in [3.05, 3.63) is 23.3 Å². The fourth-order valence-electron chi connectivity index (χ4n) is 2.12. The first kappa shape index (κ1) is 13.1. The van der Waals surface area contributed by atoms with E-state index in [4.69, 9.17) is 9.63 Å². The van der Waals surface area contributed by atoms with E-state index in [1.165, 1.54) is 4.90 Å². The van der Waals surface area contributed by atoms with Crippen LogP contribution in [0.5, 0.6) is 0 Å².